The van der Waals surface area contributed by atoms with Gasteiger partial charge in [0.15, 0.2) is 0 Å². The van der Waals surface area contributed by atoms with Crippen molar-refractivity contribution in [1.29, 1.82) is 0 Å². The number of carbonyl (C=O) groups is 2. The summed E-state index contributed by atoms with van der Waals surface area (Å²) < 4.78 is 0. The van der Waals surface area contributed by atoms with Gasteiger partial charge in [0.2, 0.25) is 11.8 Å². The highest BCUT2D eigenvalue weighted by molar-refractivity contribution is 5.91. The second kappa shape index (κ2) is 5.59. The summed E-state index contributed by atoms with van der Waals surface area (Å²) in [5.41, 5.74) is 7.76. The first-order valence-electron chi connectivity index (χ1n) is 7.82. The molecule has 0 saturated carbocycles. The van der Waals surface area contributed by atoms with Crippen molar-refractivity contribution >= 4 is 17.5 Å². The highest BCUT2D eigenvalue weighted by Crippen LogP contribution is 2.40. The number of nitrogens with zero attached hydrogens (tertiary/aromatic N) is 2. The summed E-state index contributed by atoms with van der Waals surface area (Å²) >= 11 is 0. The predicted octanol–water partition coefficient (Wildman–Crippen LogP) is 0.941. The van der Waals surface area contributed by atoms with Crippen LogP contribution in [0.3, 0.4) is 0 Å². The summed E-state index contributed by atoms with van der Waals surface area (Å²) in [5.74, 6) is -0.0878. The maximum Gasteiger partial charge on any atom is 0.229 e. The molecule has 1 unspecified atom stereocenters. The lowest BCUT2D eigenvalue weighted by Crippen LogP contribution is -2.43. The molecule has 0 spiro atoms. The zero-order valence-corrected chi connectivity index (χ0v) is 12.9. The standard InChI is InChI=1S/C16H22N4O2/c1-11-8-12-13(9-18-11)19-10-16(12,15(17)22)5-3-7-20-6-2-4-14(20)21/h8-9,19H,2-7,10H2,1H3,(H2,17,22). The van der Waals surface area contributed by atoms with E-state index < -0.39 is 5.41 Å². The molecule has 0 bridgehead atoms. The molecule has 1 fully saturated rings. The molecular formula is C16H22N4O2. The van der Waals surface area contributed by atoms with Gasteiger partial charge in [-0.3, -0.25) is 14.6 Å². The van der Waals surface area contributed by atoms with Crippen LogP contribution in [0.5, 0.6) is 0 Å². The number of primary amides is 1. The lowest BCUT2D eigenvalue weighted by atomic mass is 9.77. The summed E-state index contributed by atoms with van der Waals surface area (Å²) in [6.07, 6.45) is 4.78. The Balaban J connectivity index is 1.75. The Kier molecular flexibility index (Phi) is 3.76. The minimum atomic E-state index is -0.689. The van der Waals surface area contributed by atoms with Crippen LogP contribution >= 0.6 is 0 Å². The molecule has 6 heteroatoms. The van der Waals surface area contributed by atoms with Gasteiger partial charge in [0.25, 0.3) is 0 Å². The first-order chi connectivity index (χ1) is 10.5. The number of rotatable bonds is 5. The van der Waals surface area contributed by atoms with Gasteiger partial charge in [0.1, 0.15) is 0 Å². The maximum absolute atomic E-state index is 12.2. The number of carbonyl (C=O) groups excluding carboxylic acids is 2. The molecule has 1 aromatic rings. The minimum Gasteiger partial charge on any atom is -0.382 e. The molecule has 3 rings (SSSR count). The Morgan fingerprint density at radius 2 is 2.36 bits per heavy atom. The van der Waals surface area contributed by atoms with Crippen LogP contribution in [-0.4, -0.2) is 41.3 Å². The number of aromatic nitrogens is 1. The molecule has 3 heterocycles. The average Bonchev–Trinajstić information content (AvgIpc) is 3.04. The van der Waals surface area contributed by atoms with Crippen molar-refractivity contribution in [2.45, 2.75) is 38.0 Å². The van der Waals surface area contributed by atoms with Crippen LogP contribution in [-0.2, 0) is 15.0 Å². The number of aryl methyl sites for hydroxylation is 1. The van der Waals surface area contributed by atoms with E-state index in [9.17, 15) is 9.59 Å². The van der Waals surface area contributed by atoms with Gasteiger partial charge >= 0.3 is 0 Å². The highest BCUT2D eigenvalue weighted by Gasteiger charge is 2.44. The molecule has 0 aliphatic carbocycles. The van der Waals surface area contributed by atoms with Crippen LogP contribution in [0.25, 0.3) is 0 Å². The van der Waals surface area contributed by atoms with E-state index in [2.05, 4.69) is 10.3 Å². The fraction of sp³-hybridized carbons (Fsp3) is 0.562. The lowest BCUT2D eigenvalue weighted by Gasteiger charge is -2.27. The molecule has 1 aromatic heterocycles. The van der Waals surface area contributed by atoms with Gasteiger partial charge in [0, 0.05) is 31.7 Å². The third-order valence-corrected chi connectivity index (χ3v) is 4.81. The zero-order valence-electron chi connectivity index (χ0n) is 12.9. The van der Waals surface area contributed by atoms with Crippen LogP contribution < -0.4 is 11.1 Å². The number of nitrogens with two attached hydrogens (primary N) is 1. The number of anilines is 1. The molecule has 0 aromatic carbocycles. The second-order valence-electron chi connectivity index (χ2n) is 6.26. The maximum atomic E-state index is 12.2. The third kappa shape index (κ3) is 2.42. The summed E-state index contributed by atoms with van der Waals surface area (Å²) in [7, 11) is 0. The molecule has 22 heavy (non-hydrogen) atoms. The zero-order chi connectivity index (χ0) is 15.7. The van der Waals surface area contributed by atoms with E-state index in [4.69, 9.17) is 5.73 Å². The van der Waals surface area contributed by atoms with Gasteiger partial charge < -0.3 is 16.0 Å². The van der Waals surface area contributed by atoms with Crippen LogP contribution in [0.4, 0.5) is 5.69 Å². The first-order valence-corrected chi connectivity index (χ1v) is 7.82. The highest BCUT2D eigenvalue weighted by atomic mass is 16.2. The average molecular weight is 302 g/mol. The third-order valence-electron chi connectivity index (χ3n) is 4.81. The van der Waals surface area contributed by atoms with Crippen molar-refractivity contribution in [1.82, 2.24) is 9.88 Å². The van der Waals surface area contributed by atoms with Gasteiger partial charge in [-0.05, 0) is 37.8 Å². The molecule has 2 amide bonds. The number of likely N-dealkylation sites (tertiary alicyclic amines) is 1. The van der Waals surface area contributed by atoms with Gasteiger partial charge in [-0.2, -0.15) is 0 Å². The Labute approximate surface area is 130 Å². The van der Waals surface area contributed by atoms with Crippen LogP contribution in [0, 0.1) is 6.92 Å². The Morgan fingerprint density at radius 3 is 3.05 bits per heavy atom. The van der Waals surface area contributed by atoms with Crippen LogP contribution in [0.1, 0.15) is 36.9 Å². The van der Waals surface area contributed by atoms with E-state index in [1.165, 1.54) is 0 Å². The van der Waals surface area contributed by atoms with E-state index >= 15 is 0 Å². The van der Waals surface area contributed by atoms with Crippen molar-refractivity contribution in [2.75, 3.05) is 25.0 Å². The molecule has 1 atom stereocenters. The van der Waals surface area contributed by atoms with Gasteiger partial charge in [-0.1, -0.05) is 0 Å². The van der Waals surface area contributed by atoms with E-state index in [-0.39, 0.29) is 11.8 Å². The van der Waals surface area contributed by atoms with Crippen molar-refractivity contribution in [2.24, 2.45) is 5.73 Å². The normalized spacial score (nSPS) is 23.5. The Morgan fingerprint density at radius 1 is 1.55 bits per heavy atom. The van der Waals surface area contributed by atoms with E-state index in [1.807, 2.05) is 17.9 Å². The summed E-state index contributed by atoms with van der Waals surface area (Å²) in [6.45, 7) is 3.96. The van der Waals surface area contributed by atoms with Crippen molar-refractivity contribution < 1.29 is 9.59 Å². The quantitative estimate of drug-likeness (QED) is 0.847. The minimum absolute atomic E-state index is 0.220. The summed E-state index contributed by atoms with van der Waals surface area (Å²) in [5, 5.41) is 3.24. The number of fused-ring (bicyclic) bond motifs is 1. The lowest BCUT2D eigenvalue weighted by molar-refractivity contribution is -0.127. The largest absolute Gasteiger partial charge is 0.382 e. The number of amides is 2. The monoisotopic (exact) mass is 302 g/mol. The topological polar surface area (TPSA) is 88.3 Å². The molecule has 2 aliphatic heterocycles. The van der Waals surface area contributed by atoms with E-state index in [1.54, 1.807) is 6.20 Å². The number of nitrogens with one attached hydrogen (secondary N) is 1. The predicted molar refractivity (Wildman–Crippen MR) is 83.4 cm³/mol. The van der Waals surface area contributed by atoms with Gasteiger partial charge in [0.05, 0.1) is 17.3 Å². The number of hydrogen-bond acceptors (Lipinski definition) is 4. The van der Waals surface area contributed by atoms with E-state index in [0.29, 0.717) is 25.9 Å². The smallest absolute Gasteiger partial charge is 0.229 e. The van der Waals surface area contributed by atoms with E-state index in [0.717, 1.165) is 36.3 Å². The van der Waals surface area contributed by atoms with Crippen molar-refractivity contribution in [3.05, 3.63) is 23.5 Å². The number of hydrogen-bond donors (Lipinski definition) is 2. The molecule has 6 nitrogen and oxygen atoms in total. The first kappa shape index (κ1) is 14.8. The second-order valence-corrected chi connectivity index (χ2v) is 6.26. The van der Waals surface area contributed by atoms with Crippen LogP contribution in [0.2, 0.25) is 0 Å². The van der Waals surface area contributed by atoms with Gasteiger partial charge in [-0.25, -0.2) is 0 Å². The SMILES string of the molecule is Cc1cc2c(cn1)NCC2(CCCN1CCCC1=O)C(N)=O. The van der Waals surface area contributed by atoms with Crippen molar-refractivity contribution in [3.63, 3.8) is 0 Å². The molecule has 1 saturated heterocycles. The van der Waals surface area contributed by atoms with Gasteiger partial charge in [-0.15, -0.1) is 0 Å². The molecular weight excluding hydrogens is 280 g/mol. The van der Waals surface area contributed by atoms with Crippen LogP contribution in [0.15, 0.2) is 12.3 Å². The number of pyridine rings is 1. The summed E-state index contributed by atoms with van der Waals surface area (Å²) in [4.78, 5) is 30.0. The molecule has 118 valence electrons. The fourth-order valence-corrected chi connectivity index (χ4v) is 3.52. The Bertz CT molecular complexity index is 616. The molecule has 3 N–H and O–H groups in total. The van der Waals surface area contributed by atoms with Crippen molar-refractivity contribution in [3.8, 4) is 0 Å². The molecule has 2 aliphatic rings. The fourth-order valence-electron chi connectivity index (χ4n) is 3.52. The molecule has 0 radical (unpaired) electrons. The summed E-state index contributed by atoms with van der Waals surface area (Å²) in [6, 6.07) is 1.95. The Hall–Kier alpha value is -2.11.